The summed E-state index contributed by atoms with van der Waals surface area (Å²) in [4.78, 5) is 42.1. The Kier molecular flexibility index (Phi) is 9.92. The first-order valence-electron chi connectivity index (χ1n) is 21.5. The number of hydrogen-bond donors (Lipinski definition) is 0. The number of fused-ring (bicyclic) bond motifs is 7. The first kappa shape index (κ1) is 39.6. The molecule has 0 N–H and O–H groups in total. The molecule has 302 valence electrons. The van der Waals surface area contributed by atoms with Gasteiger partial charge in [0, 0.05) is 5.41 Å². The lowest BCUT2D eigenvalue weighted by Gasteiger charge is -2.71. The zero-order valence-electron chi connectivity index (χ0n) is 35.1. The Bertz CT molecular complexity index is 2020. The molecule has 5 aliphatic carbocycles. The van der Waals surface area contributed by atoms with Crippen molar-refractivity contribution in [3.63, 3.8) is 0 Å². The van der Waals surface area contributed by atoms with Crippen molar-refractivity contribution in [2.24, 2.45) is 50.2 Å². The predicted octanol–water partition coefficient (Wildman–Crippen LogP) is 11.6. The van der Waals surface area contributed by atoms with E-state index in [9.17, 15) is 14.4 Å². The first-order chi connectivity index (χ1) is 27.0. The van der Waals surface area contributed by atoms with Crippen LogP contribution < -0.4 is 0 Å². The normalized spacial score (nSPS) is 36.1. The molecule has 0 heterocycles. The molecule has 57 heavy (non-hydrogen) atoms. The number of carbonyl (C=O) groups is 3. The van der Waals surface area contributed by atoms with Gasteiger partial charge in [0.1, 0.15) is 18.8 Å². The van der Waals surface area contributed by atoms with E-state index in [1.165, 1.54) is 5.57 Å². The van der Waals surface area contributed by atoms with Gasteiger partial charge in [0.2, 0.25) is 0 Å². The highest BCUT2D eigenvalue weighted by Gasteiger charge is 2.71. The average Bonchev–Trinajstić information content (AvgIpc) is 3.19. The topological polar surface area (TPSA) is 78.9 Å². The van der Waals surface area contributed by atoms with E-state index in [0.29, 0.717) is 30.1 Å². The standard InChI is InChI=1S/C51H62O6/c1-46(2)27-29-51(45(54)55-33-34-17-11-8-12-18-34)30-28-49(6)37(38(51)31-46)23-24-41-48(5)32-39(56-43(52)35-19-13-9-14-20-35)42(57-44(53)36-21-15-10-16-22-36)47(3,4)40(48)25-26-50(41,49)7/h8-23,38-42H,24-33H2,1-7H3/t38-,39+,40-,41+,42-,48-,49+,50+,51-/m0/s1. The van der Waals surface area contributed by atoms with E-state index in [1.54, 1.807) is 24.3 Å². The van der Waals surface area contributed by atoms with E-state index in [-0.39, 0.29) is 45.4 Å². The Morgan fingerprint density at radius 2 is 1.23 bits per heavy atom. The lowest BCUT2D eigenvalue weighted by Crippen LogP contribution is -2.67. The Morgan fingerprint density at radius 3 is 1.86 bits per heavy atom. The molecule has 3 aromatic carbocycles. The summed E-state index contributed by atoms with van der Waals surface area (Å²) >= 11 is 0. The van der Waals surface area contributed by atoms with Crippen LogP contribution in [0.4, 0.5) is 0 Å². The molecule has 6 heteroatoms. The first-order valence-corrected chi connectivity index (χ1v) is 21.5. The van der Waals surface area contributed by atoms with Gasteiger partial charge in [-0.25, -0.2) is 9.59 Å². The fourth-order valence-electron chi connectivity index (χ4n) is 13.4. The van der Waals surface area contributed by atoms with Gasteiger partial charge in [-0.05, 0) is 127 Å². The van der Waals surface area contributed by atoms with Crippen LogP contribution in [0.3, 0.4) is 0 Å². The number of carbonyl (C=O) groups excluding carboxylic acids is 3. The molecule has 0 radical (unpaired) electrons. The quantitative estimate of drug-likeness (QED) is 0.135. The number of rotatable bonds is 7. The summed E-state index contributed by atoms with van der Waals surface area (Å²) in [6.45, 7) is 17.0. The molecule has 0 bridgehead atoms. The molecule has 0 aliphatic heterocycles. The zero-order chi connectivity index (χ0) is 40.4. The molecular weight excluding hydrogens is 709 g/mol. The summed E-state index contributed by atoms with van der Waals surface area (Å²) in [5.41, 5.74) is 2.24. The molecule has 0 amide bonds. The van der Waals surface area contributed by atoms with E-state index in [1.807, 2.05) is 66.7 Å². The minimum atomic E-state index is -0.625. The summed E-state index contributed by atoms with van der Waals surface area (Å²) in [5, 5.41) is 0. The van der Waals surface area contributed by atoms with E-state index >= 15 is 0 Å². The van der Waals surface area contributed by atoms with Crippen LogP contribution in [-0.2, 0) is 25.6 Å². The van der Waals surface area contributed by atoms with Crippen molar-refractivity contribution in [1.29, 1.82) is 0 Å². The zero-order valence-corrected chi connectivity index (χ0v) is 35.1. The maximum absolute atomic E-state index is 14.5. The van der Waals surface area contributed by atoms with Gasteiger partial charge in [-0.1, -0.05) is 127 Å². The van der Waals surface area contributed by atoms with Gasteiger partial charge in [-0.3, -0.25) is 4.79 Å². The number of allylic oxidation sites excluding steroid dienone is 2. The van der Waals surface area contributed by atoms with E-state index in [0.717, 1.165) is 56.9 Å². The Morgan fingerprint density at radius 1 is 0.649 bits per heavy atom. The van der Waals surface area contributed by atoms with Gasteiger partial charge >= 0.3 is 17.9 Å². The average molecular weight is 771 g/mol. The van der Waals surface area contributed by atoms with Crippen molar-refractivity contribution in [3.8, 4) is 0 Å². The third kappa shape index (κ3) is 6.48. The molecule has 6 nitrogen and oxygen atoms in total. The van der Waals surface area contributed by atoms with Crippen molar-refractivity contribution < 1.29 is 28.6 Å². The second-order valence-electron chi connectivity index (χ2n) is 20.5. The predicted molar refractivity (Wildman–Crippen MR) is 222 cm³/mol. The van der Waals surface area contributed by atoms with Gasteiger partial charge in [-0.2, -0.15) is 0 Å². The molecule has 4 saturated carbocycles. The van der Waals surface area contributed by atoms with E-state index < -0.39 is 29.0 Å². The number of hydrogen-bond acceptors (Lipinski definition) is 6. The van der Waals surface area contributed by atoms with Gasteiger partial charge < -0.3 is 14.2 Å². The fourth-order valence-corrected chi connectivity index (χ4v) is 13.4. The highest BCUT2D eigenvalue weighted by Crippen LogP contribution is 2.76. The van der Waals surface area contributed by atoms with Gasteiger partial charge in [0.05, 0.1) is 16.5 Å². The molecule has 5 aliphatic rings. The van der Waals surface area contributed by atoms with Crippen LogP contribution >= 0.6 is 0 Å². The smallest absolute Gasteiger partial charge is 0.338 e. The van der Waals surface area contributed by atoms with Crippen molar-refractivity contribution in [2.45, 2.75) is 125 Å². The van der Waals surface area contributed by atoms with Gasteiger partial charge in [0.25, 0.3) is 0 Å². The summed E-state index contributed by atoms with van der Waals surface area (Å²) in [7, 11) is 0. The van der Waals surface area contributed by atoms with Crippen LogP contribution in [0.25, 0.3) is 0 Å². The van der Waals surface area contributed by atoms with Gasteiger partial charge in [0.15, 0.2) is 0 Å². The molecule has 8 rings (SSSR count). The van der Waals surface area contributed by atoms with Crippen molar-refractivity contribution >= 4 is 17.9 Å². The largest absolute Gasteiger partial charge is 0.460 e. The maximum Gasteiger partial charge on any atom is 0.338 e. The van der Waals surface area contributed by atoms with Crippen molar-refractivity contribution in [1.82, 2.24) is 0 Å². The maximum atomic E-state index is 14.5. The molecule has 3 aromatic rings. The van der Waals surface area contributed by atoms with Gasteiger partial charge in [-0.15, -0.1) is 0 Å². The number of benzene rings is 3. The molecule has 4 fully saturated rings. The van der Waals surface area contributed by atoms with Crippen LogP contribution in [0, 0.1) is 50.2 Å². The Labute approximate surface area is 340 Å². The van der Waals surface area contributed by atoms with Crippen LogP contribution in [-0.4, -0.2) is 30.1 Å². The molecular formula is C51H62O6. The van der Waals surface area contributed by atoms with Crippen LogP contribution in [0.1, 0.15) is 133 Å². The second kappa shape index (κ2) is 14.3. The molecule has 0 spiro atoms. The minimum absolute atomic E-state index is 0.0223. The third-order valence-corrected chi connectivity index (χ3v) is 16.6. The molecule has 0 aromatic heterocycles. The lowest BCUT2D eigenvalue weighted by atomic mass is 9.33. The Balaban J connectivity index is 1.14. The minimum Gasteiger partial charge on any atom is -0.460 e. The third-order valence-electron chi connectivity index (χ3n) is 16.6. The second-order valence-corrected chi connectivity index (χ2v) is 20.5. The van der Waals surface area contributed by atoms with E-state index in [2.05, 4.69) is 54.5 Å². The number of ether oxygens (including phenoxy) is 3. The Hall–Kier alpha value is -4.19. The van der Waals surface area contributed by atoms with E-state index in [4.69, 9.17) is 14.2 Å². The van der Waals surface area contributed by atoms with Crippen LogP contribution in [0.2, 0.25) is 0 Å². The number of esters is 3. The lowest BCUT2D eigenvalue weighted by molar-refractivity contribution is -0.232. The fraction of sp³-hybridized carbons (Fsp3) is 0.549. The van der Waals surface area contributed by atoms with Crippen LogP contribution in [0.15, 0.2) is 103 Å². The monoisotopic (exact) mass is 770 g/mol. The highest BCUT2D eigenvalue weighted by atomic mass is 16.6. The van der Waals surface area contributed by atoms with Crippen molar-refractivity contribution in [2.75, 3.05) is 0 Å². The summed E-state index contributed by atoms with van der Waals surface area (Å²) in [6, 6.07) is 28.3. The summed E-state index contributed by atoms with van der Waals surface area (Å²) in [5.74, 6) is -0.138. The van der Waals surface area contributed by atoms with Crippen LogP contribution in [0.5, 0.6) is 0 Å². The van der Waals surface area contributed by atoms with Crippen molar-refractivity contribution in [3.05, 3.63) is 119 Å². The summed E-state index contributed by atoms with van der Waals surface area (Å²) < 4.78 is 19.3. The molecule has 9 atom stereocenters. The summed E-state index contributed by atoms with van der Waals surface area (Å²) in [6.07, 6.45) is 9.49. The molecule has 0 unspecified atom stereocenters. The highest BCUT2D eigenvalue weighted by molar-refractivity contribution is 5.90. The molecule has 0 saturated heterocycles. The SMILES string of the molecule is CC1(C)CC[C@]2(C(=O)OCc3ccccc3)CC[C@]3(C)C(=CC[C@@H]4[C@@]5(C)C[C@@H](OC(=O)c6ccccc6)[C@H](OC(=O)c6ccccc6)C(C)(C)[C@@H]5CC[C@]43C)[C@@H]2C1.